The number of non-ortho nitro benzene ring substituents is 1. The van der Waals surface area contributed by atoms with Gasteiger partial charge in [0.1, 0.15) is 0 Å². The molecule has 94 valence electrons. The van der Waals surface area contributed by atoms with E-state index in [1.54, 1.807) is 0 Å². The summed E-state index contributed by atoms with van der Waals surface area (Å²) in [5.41, 5.74) is -3.66. The molecule has 0 amide bonds. The van der Waals surface area contributed by atoms with Gasteiger partial charge in [-0.15, -0.1) is 0 Å². The molecule has 0 aliphatic rings. The van der Waals surface area contributed by atoms with E-state index in [-0.39, 0.29) is 16.7 Å². The molecule has 6 nitrogen and oxygen atoms in total. The number of benzene rings is 1. The molecule has 1 N–H and O–H groups in total. The van der Waals surface area contributed by atoms with E-state index in [0.29, 0.717) is 0 Å². The van der Waals surface area contributed by atoms with Crippen LogP contribution in [0.4, 0.5) is 18.9 Å². The maximum absolute atomic E-state index is 12.4. The molecule has 0 fully saturated rings. The molecule has 2 rings (SSSR count). The lowest BCUT2D eigenvalue weighted by molar-refractivity contribution is -0.384. The average Bonchev–Trinajstić information content (AvgIpc) is 2.25. The van der Waals surface area contributed by atoms with Crippen molar-refractivity contribution >= 4 is 16.7 Å². The van der Waals surface area contributed by atoms with Gasteiger partial charge in [0.2, 0.25) is 5.69 Å². The molecule has 1 aromatic carbocycles. The summed E-state index contributed by atoms with van der Waals surface area (Å²) in [4.78, 5) is 26.0. The maximum Gasteiger partial charge on any atom is 0.438 e. The van der Waals surface area contributed by atoms with Crippen molar-refractivity contribution in [3.63, 3.8) is 0 Å². The monoisotopic (exact) mass is 259 g/mol. The SMILES string of the molecule is O=c1[nH]c2cc([N+](=O)[O-])ccc2nc1C(F)(F)F. The first-order chi connectivity index (χ1) is 8.29. The van der Waals surface area contributed by atoms with Crippen molar-refractivity contribution in [2.24, 2.45) is 0 Å². The van der Waals surface area contributed by atoms with Gasteiger partial charge in [-0.05, 0) is 6.07 Å². The zero-order valence-electron chi connectivity index (χ0n) is 8.49. The fourth-order valence-electron chi connectivity index (χ4n) is 1.38. The van der Waals surface area contributed by atoms with Gasteiger partial charge < -0.3 is 4.98 Å². The first-order valence-electron chi connectivity index (χ1n) is 4.55. The summed E-state index contributed by atoms with van der Waals surface area (Å²) in [7, 11) is 0. The standard InChI is InChI=1S/C9H4F3N3O3/c10-9(11,12)7-8(16)14-6-3-4(15(17)18)1-2-5(6)13-7/h1-3H,(H,14,16). The minimum Gasteiger partial charge on any atom is -0.319 e. The van der Waals surface area contributed by atoms with E-state index in [9.17, 15) is 28.1 Å². The first kappa shape index (κ1) is 12.0. The van der Waals surface area contributed by atoms with E-state index in [4.69, 9.17) is 0 Å². The number of H-pyrrole nitrogens is 1. The lowest BCUT2D eigenvalue weighted by Gasteiger charge is -2.05. The largest absolute Gasteiger partial charge is 0.438 e. The smallest absolute Gasteiger partial charge is 0.319 e. The number of nitro groups is 1. The number of nitro benzene ring substituents is 1. The predicted octanol–water partition coefficient (Wildman–Crippen LogP) is 1.85. The van der Waals surface area contributed by atoms with E-state index in [1.807, 2.05) is 4.98 Å². The van der Waals surface area contributed by atoms with Gasteiger partial charge in [-0.1, -0.05) is 0 Å². The molecule has 9 heteroatoms. The second kappa shape index (κ2) is 3.79. The molecule has 0 radical (unpaired) electrons. The average molecular weight is 259 g/mol. The summed E-state index contributed by atoms with van der Waals surface area (Å²) >= 11 is 0. The molecule has 0 saturated heterocycles. The highest BCUT2D eigenvalue weighted by molar-refractivity contribution is 5.76. The third-order valence-electron chi connectivity index (χ3n) is 2.15. The van der Waals surface area contributed by atoms with Crippen LogP contribution in [0, 0.1) is 10.1 Å². The Morgan fingerprint density at radius 1 is 1.33 bits per heavy atom. The molecular weight excluding hydrogens is 255 g/mol. The third-order valence-corrected chi connectivity index (χ3v) is 2.15. The van der Waals surface area contributed by atoms with Crippen LogP contribution < -0.4 is 5.56 Å². The normalized spacial score (nSPS) is 11.7. The number of alkyl halides is 3. The minimum absolute atomic E-state index is 0.123. The number of hydrogen-bond acceptors (Lipinski definition) is 4. The number of rotatable bonds is 1. The molecule has 0 unspecified atom stereocenters. The molecule has 0 atom stereocenters. The van der Waals surface area contributed by atoms with Crippen LogP contribution in [0.5, 0.6) is 0 Å². The summed E-state index contributed by atoms with van der Waals surface area (Å²) in [6.45, 7) is 0. The fraction of sp³-hybridized carbons (Fsp3) is 0.111. The molecule has 2 aromatic rings. The molecule has 0 saturated carbocycles. The highest BCUT2D eigenvalue weighted by Crippen LogP contribution is 2.26. The highest BCUT2D eigenvalue weighted by Gasteiger charge is 2.36. The van der Waals surface area contributed by atoms with Crippen molar-refractivity contribution in [3.05, 3.63) is 44.4 Å². The Balaban J connectivity index is 2.72. The molecule has 0 aliphatic carbocycles. The van der Waals surface area contributed by atoms with Gasteiger partial charge in [0.05, 0.1) is 16.0 Å². The minimum atomic E-state index is -4.87. The zero-order chi connectivity index (χ0) is 13.5. The van der Waals surface area contributed by atoms with Crippen LogP contribution in [0.25, 0.3) is 11.0 Å². The Morgan fingerprint density at radius 2 is 2.00 bits per heavy atom. The molecule has 1 heterocycles. The quantitative estimate of drug-likeness (QED) is 0.625. The number of hydrogen-bond donors (Lipinski definition) is 1. The lowest BCUT2D eigenvalue weighted by Crippen LogP contribution is -2.23. The third kappa shape index (κ3) is 2.01. The van der Waals surface area contributed by atoms with Gasteiger partial charge in [0, 0.05) is 12.1 Å². The number of nitrogens with zero attached hydrogens (tertiary/aromatic N) is 2. The molecular formula is C9H4F3N3O3. The Labute approximate surface area is 96.2 Å². The van der Waals surface area contributed by atoms with Crippen LogP contribution >= 0.6 is 0 Å². The van der Waals surface area contributed by atoms with E-state index >= 15 is 0 Å². The van der Waals surface area contributed by atoms with Crippen molar-refractivity contribution < 1.29 is 18.1 Å². The number of aromatic amines is 1. The fourth-order valence-corrected chi connectivity index (χ4v) is 1.38. The van der Waals surface area contributed by atoms with Crippen LogP contribution in [0.15, 0.2) is 23.0 Å². The topological polar surface area (TPSA) is 88.9 Å². The number of halogens is 3. The lowest BCUT2D eigenvalue weighted by atomic mass is 10.2. The van der Waals surface area contributed by atoms with Gasteiger partial charge in [-0.3, -0.25) is 14.9 Å². The highest BCUT2D eigenvalue weighted by atomic mass is 19.4. The molecule has 0 aliphatic heterocycles. The first-order valence-corrected chi connectivity index (χ1v) is 4.55. The van der Waals surface area contributed by atoms with Crippen LogP contribution in [0.1, 0.15) is 5.69 Å². The number of fused-ring (bicyclic) bond motifs is 1. The van der Waals surface area contributed by atoms with E-state index in [0.717, 1.165) is 18.2 Å². The summed E-state index contributed by atoms with van der Waals surface area (Å²) in [5.74, 6) is 0. The van der Waals surface area contributed by atoms with Gasteiger partial charge in [0.25, 0.3) is 11.2 Å². The maximum atomic E-state index is 12.4. The summed E-state index contributed by atoms with van der Waals surface area (Å²) in [5, 5.41) is 10.5. The van der Waals surface area contributed by atoms with Gasteiger partial charge in [-0.2, -0.15) is 13.2 Å². The predicted molar refractivity (Wildman–Crippen MR) is 54.0 cm³/mol. The summed E-state index contributed by atoms with van der Waals surface area (Å²) in [6.07, 6.45) is -4.87. The van der Waals surface area contributed by atoms with Gasteiger partial charge in [-0.25, -0.2) is 4.98 Å². The van der Waals surface area contributed by atoms with Crippen LogP contribution in [-0.4, -0.2) is 14.9 Å². The van der Waals surface area contributed by atoms with E-state index in [2.05, 4.69) is 4.98 Å². The van der Waals surface area contributed by atoms with E-state index in [1.165, 1.54) is 0 Å². The molecule has 0 spiro atoms. The number of nitrogens with one attached hydrogen (secondary N) is 1. The van der Waals surface area contributed by atoms with Crippen LogP contribution in [-0.2, 0) is 6.18 Å². The Bertz CT molecular complexity index is 693. The van der Waals surface area contributed by atoms with Crippen molar-refractivity contribution in [3.8, 4) is 0 Å². The van der Waals surface area contributed by atoms with Crippen molar-refractivity contribution in [1.29, 1.82) is 0 Å². The second-order valence-electron chi connectivity index (χ2n) is 3.37. The van der Waals surface area contributed by atoms with Gasteiger partial charge >= 0.3 is 6.18 Å². The molecule has 0 bridgehead atoms. The van der Waals surface area contributed by atoms with Crippen LogP contribution in [0.3, 0.4) is 0 Å². The molecule has 18 heavy (non-hydrogen) atoms. The van der Waals surface area contributed by atoms with Crippen molar-refractivity contribution in [2.75, 3.05) is 0 Å². The van der Waals surface area contributed by atoms with Crippen molar-refractivity contribution in [1.82, 2.24) is 9.97 Å². The van der Waals surface area contributed by atoms with Gasteiger partial charge in [0.15, 0.2) is 0 Å². The summed E-state index contributed by atoms with van der Waals surface area (Å²) < 4.78 is 37.2. The van der Waals surface area contributed by atoms with Crippen LogP contribution in [0.2, 0.25) is 0 Å². The summed E-state index contributed by atoms with van der Waals surface area (Å²) in [6, 6.07) is 3.00. The number of aromatic nitrogens is 2. The Hall–Kier alpha value is -2.45. The second-order valence-corrected chi connectivity index (χ2v) is 3.37. The van der Waals surface area contributed by atoms with E-state index < -0.39 is 22.4 Å². The Kier molecular flexibility index (Phi) is 2.53. The Morgan fingerprint density at radius 3 is 2.56 bits per heavy atom. The molecule has 1 aromatic heterocycles. The zero-order valence-corrected chi connectivity index (χ0v) is 8.49. The van der Waals surface area contributed by atoms with Crippen molar-refractivity contribution in [2.45, 2.75) is 6.18 Å².